The highest BCUT2D eigenvalue weighted by atomic mass is 32.2. The Kier molecular flexibility index (Phi) is 7.27. The summed E-state index contributed by atoms with van der Waals surface area (Å²) in [5, 5.41) is 0. The monoisotopic (exact) mass is 272 g/mol. The summed E-state index contributed by atoms with van der Waals surface area (Å²) in [7, 11) is 1.70. The smallest absolute Gasteiger partial charge is 0.123 e. The number of ether oxygens (including phenoxy) is 1. The van der Waals surface area contributed by atoms with Crippen molar-refractivity contribution in [1.82, 2.24) is 5.43 Å². The highest BCUT2D eigenvalue weighted by molar-refractivity contribution is 7.99. The van der Waals surface area contributed by atoms with Crippen LogP contribution in [0.2, 0.25) is 0 Å². The summed E-state index contributed by atoms with van der Waals surface area (Å²) in [4.78, 5) is 1.05. The summed E-state index contributed by atoms with van der Waals surface area (Å²) in [6, 6.07) is 6.74. The summed E-state index contributed by atoms with van der Waals surface area (Å²) in [6.07, 6.45) is 0.968. The molecular formula is C13H21FN2OS. The summed E-state index contributed by atoms with van der Waals surface area (Å²) in [5.41, 5.74) is 2.84. The van der Waals surface area contributed by atoms with E-state index in [2.05, 4.69) is 12.3 Å². The highest BCUT2D eigenvalue weighted by Crippen LogP contribution is 2.21. The highest BCUT2D eigenvalue weighted by Gasteiger charge is 2.15. The van der Waals surface area contributed by atoms with Crippen molar-refractivity contribution in [3.63, 3.8) is 0 Å². The number of rotatable bonds is 8. The second-order valence-electron chi connectivity index (χ2n) is 4.30. The van der Waals surface area contributed by atoms with Gasteiger partial charge in [0.05, 0.1) is 0 Å². The van der Waals surface area contributed by atoms with Crippen LogP contribution in [0.4, 0.5) is 4.39 Å². The van der Waals surface area contributed by atoms with E-state index in [0.717, 1.165) is 23.7 Å². The zero-order valence-corrected chi connectivity index (χ0v) is 11.7. The van der Waals surface area contributed by atoms with E-state index in [1.165, 1.54) is 12.1 Å². The molecule has 1 rings (SSSR count). The molecule has 0 fully saturated rings. The molecule has 0 aliphatic rings. The zero-order chi connectivity index (χ0) is 13.4. The number of halogens is 1. The molecule has 0 bridgehead atoms. The van der Waals surface area contributed by atoms with E-state index in [1.54, 1.807) is 31.0 Å². The van der Waals surface area contributed by atoms with E-state index in [0.29, 0.717) is 5.92 Å². The molecule has 0 amide bonds. The number of nitrogens with two attached hydrogens (primary N) is 1. The van der Waals surface area contributed by atoms with Crippen LogP contribution in [0.1, 0.15) is 13.3 Å². The Bertz CT molecular complexity index is 334. The maximum atomic E-state index is 12.8. The first-order valence-electron chi connectivity index (χ1n) is 6.00. The predicted molar refractivity (Wildman–Crippen MR) is 73.9 cm³/mol. The molecule has 0 heterocycles. The fourth-order valence-electron chi connectivity index (χ4n) is 1.60. The maximum absolute atomic E-state index is 12.8. The second kappa shape index (κ2) is 8.48. The van der Waals surface area contributed by atoms with E-state index >= 15 is 0 Å². The summed E-state index contributed by atoms with van der Waals surface area (Å²) in [5.74, 6) is 6.65. The Labute approximate surface area is 112 Å². The molecule has 0 aromatic heterocycles. The van der Waals surface area contributed by atoms with Gasteiger partial charge in [-0.25, -0.2) is 4.39 Å². The van der Waals surface area contributed by atoms with E-state index in [4.69, 9.17) is 10.6 Å². The lowest BCUT2D eigenvalue weighted by Crippen LogP contribution is -2.42. The van der Waals surface area contributed by atoms with Crippen LogP contribution in [0.5, 0.6) is 0 Å². The summed E-state index contributed by atoms with van der Waals surface area (Å²) >= 11 is 1.67. The van der Waals surface area contributed by atoms with Crippen molar-refractivity contribution in [3.05, 3.63) is 30.1 Å². The number of thioether (sulfide) groups is 1. The first kappa shape index (κ1) is 15.4. The molecular weight excluding hydrogens is 251 g/mol. The summed E-state index contributed by atoms with van der Waals surface area (Å²) in [6.45, 7) is 2.88. The number of hydrogen-bond acceptors (Lipinski definition) is 4. The fraction of sp³-hybridized carbons (Fsp3) is 0.538. The van der Waals surface area contributed by atoms with Gasteiger partial charge in [0, 0.05) is 30.4 Å². The Morgan fingerprint density at radius 2 is 2.06 bits per heavy atom. The molecule has 0 saturated heterocycles. The quantitative estimate of drug-likeness (QED) is 0.433. The lowest BCUT2D eigenvalue weighted by molar-refractivity contribution is 0.172. The van der Waals surface area contributed by atoms with Crippen molar-refractivity contribution >= 4 is 11.8 Å². The third kappa shape index (κ3) is 5.35. The van der Waals surface area contributed by atoms with Crippen LogP contribution in [-0.4, -0.2) is 25.5 Å². The number of benzene rings is 1. The SMILES string of the molecule is COCCC(C)C(CSc1ccc(F)cc1)NN. The molecule has 0 aliphatic heterocycles. The number of nitrogens with one attached hydrogen (secondary N) is 1. The molecule has 3 nitrogen and oxygen atoms in total. The molecule has 102 valence electrons. The standard InChI is InChI=1S/C13H21FN2OS/c1-10(7-8-17-2)13(16-15)9-18-12-5-3-11(14)4-6-12/h3-6,10,13,16H,7-9,15H2,1-2H3. The van der Waals surface area contributed by atoms with Crippen molar-refractivity contribution in [3.8, 4) is 0 Å². The molecule has 3 N–H and O–H groups in total. The number of hydrogen-bond donors (Lipinski definition) is 2. The third-order valence-corrected chi connectivity index (χ3v) is 4.05. The Balaban J connectivity index is 2.41. The van der Waals surface area contributed by atoms with Gasteiger partial charge in [0.2, 0.25) is 0 Å². The van der Waals surface area contributed by atoms with Crippen molar-refractivity contribution in [2.24, 2.45) is 11.8 Å². The first-order valence-corrected chi connectivity index (χ1v) is 6.99. The fourth-order valence-corrected chi connectivity index (χ4v) is 2.72. The van der Waals surface area contributed by atoms with Gasteiger partial charge in [0.15, 0.2) is 0 Å². The van der Waals surface area contributed by atoms with Crippen molar-refractivity contribution in [1.29, 1.82) is 0 Å². The number of methoxy groups -OCH3 is 1. The van der Waals surface area contributed by atoms with Gasteiger partial charge in [-0.2, -0.15) is 0 Å². The molecule has 18 heavy (non-hydrogen) atoms. The maximum Gasteiger partial charge on any atom is 0.123 e. The van der Waals surface area contributed by atoms with Crippen LogP contribution < -0.4 is 11.3 Å². The average Bonchev–Trinajstić information content (AvgIpc) is 2.39. The minimum absolute atomic E-state index is 0.207. The molecule has 1 aromatic rings. The largest absolute Gasteiger partial charge is 0.385 e. The van der Waals surface area contributed by atoms with Crippen LogP contribution in [0.25, 0.3) is 0 Å². The zero-order valence-electron chi connectivity index (χ0n) is 10.9. The molecule has 5 heteroatoms. The lowest BCUT2D eigenvalue weighted by Gasteiger charge is -2.22. The Morgan fingerprint density at radius 1 is 1.39 bits per heavy atom. The van der Waals surface area contributed by atoms with Gasteiger partial charge in [-0.15, -0.1) is 11.8 Å². The Morgan fingerprint density at radius 3 is 2.61 bits per heavy atom. The van der Waals surface area contributed by atoms with Crippen molar-refractivity contribution in [2.75, 3.05) is 19.5 Å². The van der Waals surface area contributed by atoms with Gasteiger partial charge in [-0.1, -0.05) is 6.92 Å². The minimum Gasteiger partial charge on any atom is -0.385 e. The van der Waals surface area contributed by atoms with Crippen LogP contribution in [0, 0.1) is 11.7 Å². The molecule has 1 aromatic carbocycles. The average molecular weight is 272 g/mol. The van der Waals surface area contributed by atoms with Gasteiger partial charge in [-0.3, -0.25) is 11.3 Å². The molecule has 0 spiro atoms. The summed E-state index contributed by atoms with van der Waals surface area (Å²) < 4.78 is 17.8. The van der Waals surface area contributed by atoms with Crippen molar-refractivity contribution in [2.45, 2.75) is 24.3 Å². The van der Waals surface area contributed by atoms with Gasteiger partial charge in [0.1, 0.15) is 5.82 Å². The molecule has 2 unspecified atom stereocenters. The lowest BCUT2D eigenvalue weighted by atomic mass is 10.0. The minimum atomic E-state index is -0.207. The van der Waals surface area contributed by atoms with Gasteiger partial charge >= 0.3 is 0 Å². The molecule has 0 saturated carbocycles. The van der Waals surface area contributed by atoms with Gasteiger partial charge < -0.3 is 4.74 Å². The topological polar surface area (TPSA) is 47.3 Å². The van der Waals surface area contributed by atoms with E-state index in [9.17, 15) is 4.39 Å². The van der Waals surface area contributed by atoms with Crippen molar-refractivity contribution < 1.29 is 9.13 Å². The third-order valence-electron chi connectivity index (χ3n) is 2.92. The van der Waals surface area contributed by atoms with E-state index in [1.807, 2.05) is 0 Å². The number of hydrazine groups is 1. The van der Waals surface area contributed by atoms with Gasteiger partial charge in [-0.05, 0) is 36.6 Å². The van der Waals surface area contributed by atoms with Crippen LogP contribution in [0.3, 0.4) is 0 Å². The predicted octanol–water partition coefficient (Wildman–Crippen LogP) is 2.42. The first-order chi connectivity index (χ1) is 8.67. The molecule has 0 aliphatic carbocycles. The van der Waals surface area contributed by atoms with E-state index in [-0.39, 0.29) is 11.9 Å². The van der Waals surface area contributed by atoms with Crippen LogP contribution in [-0.2, 0) is 4.74 Å². The van der Waals surface area contributed by atoms with Crippen LogP contribution in [0.15, 0.2) is 29.2 Å². The normalized spacial score (nSPS) is 14.4. The van der Waals surface area contributed by atoms with Gasteiger partial charge in [0.25, 0.3) is 0 Å². The molecule has 0 radical (unpaired) electrons. The second-order valence-corrected chi connectivity index (χ2v) is 5.39. The van der Waals surface area contributed by atoms with Crippen LogP contribution >= 0.6 is 11.8 Å². The van der Waals surface area contributed by atoms with E-state index < -0.39 is 0 Å². The molecule has 2 atom stereocenters. The Hall–Kier alpha value is -0.620.